The maximum atomic E-state index is 13.2. The third-order valence-electron chi connectivity index (χ3n) is 6.62. The van der Waals surface area contributed by atoms with Crippen LogP contribution in [0.3, 0.4) is 0 Å². The summed E-state index contributed by atoms with van der Waals surface area (Å²) >= 11 is 0. The van der Waals surface area contributed by atoms with Crippen LogP contribution in [0.1, 0.15) is 38.7 Å². The summed E-state index contributed by atoms with van der Waals surface area (Å²) < 4.78 is 35.3. The number of halogens is 1. The minimum Gasteiger partial charge on any atom is -0.478 e. The van der Waals surface area contributed by atoms with E-state index in [2.05, 4.69) is 26.1 Å². The second-order valence-electron chi connectivity index (χ2n) is 9.38. The first kappa shape index (κ1) is 29.0. The van der Waals surface area contributed by atoms with E-state index in [-0.39, 0.29) is 40.8 Å². The number of nitrogens with one attached hydrogen (secondary N) is 2. The molecule has 1 unspecified atom stereocenters. The highest BCUT2D eigenvalue weighted by Crippen LogP contribution is 2.32. The van der Waals surface area contributed by atoms with Crippen molar-refractivity contribution in [1.82, 2.24) is 15.3 Å². The Morgan fingerprint density at radius 1 is 1.00 bits per heavy atom. The van der Waals surface area contributed by atoms with Gasteiger partial charge in [0.25, 0.3) is 10.0 Å². The van der Waals surface area contributed by atoms with Gasteiger partial charge >= 0.3 is 5.97 Å². The molecule has 1 aliphatic rings. The molecule has 0 radical (unpaired) electrons. The van der Waals surface area contributed by atoms with E-state index >= 15 is 0 Å². The molecule has 0 spiro atoms. The molecule has 3 aromatic carbocycles. The van der Waals surface area contributed by atoms with E-state index in [1.165, 1.54) is 23.8 Å². The molecule has 208 valence electrons. The van der Waals surface area contributed by atoms with Crippen LogP contribution in [-0.2, 0) is 16.4 Å². The summed E-state index contributed by atoms with van der Waals surface area (Å²) in [6.07, 6.45) is 0.523. The third kappa shape index (κ3) is 6.25. The van der Waals surface area contributed by atoms with Gasteiger partial charge in [-0.15, -0.1) is 12.4 Å². The Bertz CT molecular complexity index is 1640. The number of benzene rings is 3. The van der Waals surface area contributed by atoms with Crippen molar-refractivity contribution in [3.63, 3.8) is 0 Å². The second kappa shape index (κ2) is 12.0. The quantitative estimate of drug-likeness (QED) is 0.280. The molecule has 11 heteroatoms. The van der Waals surface area contributed by atoms with Crippen LogP contribution in [0.4, 0.5) is 5.95 Å². The minimum absolute atomic E-state index is 0. The number of aryl methyl sites for hydroxylation is 2. The highest BCUT2D eigenvalue weighted by molar-refractivity contribution is 7.92. The lowest BCUT2D eigenvalue weighted by Gasteiger charge is -2.20. The van der Waals surface area contributed by atoms with E-state index in [0.29, 0.717) is 12.2 Å². The summed E-state index contributed by atoms with van der Waals surface area (Å²) in [5, 5.41) is 12.7. The van der Waals surface area contributed by atoms with Crippen molar-refractivity contribution in [3.8, 4) is 17.1 Å². The zero-order valence-electron chi connectivity index (χ0n) is 21.9. The number of carboxylic acid groups (broad SMARTS) is 1. The highest BCUT2D eigenvalue weighted by Gasteiger charge is 2.23. The molecule has 1 aliphatic heterocycles. The molecule has 1 aromatic heterocycles. The Labute approximate surface area is 239 Å². The summed E-state index contributed by atoms with van der Waals surface area (Å²) in [6.45, 7) is 5.28. The van der Waals surface area contributed by atoms with Gasteiger partial charge in [0.15, 0.2) is 0 Å². The van der Waals surface area contributed by atoms with Gasteiger partial charge in [0.05, 0.1) is 16.2 Å². The van der Waals surface area contributed by atoms with Gasteiger partial charge in [0.2, 0.25) is 11.8 Å². The van der Waals surface area contributed by atoms with Gasteiger partial charge in [-0.2, -0.15) is 4.98 Å². The SMILES string of the molecule is Cc1cccc(C)c1-c1cc(OC2CNCCc3ccccc32)nc(NS(=O)(=O)c2cccc(C(=O)O)c2)n1.Cl. The number of aromatic nitrogens is 2. The molecule has 0 aliphatic carbocycles. The predicted octanol–water partition coefficient (Wildman–Crippen LogP) is 4.95. The van der Waals surface area contributed by atoms with Crippen molar-refractivity contribution < 1.29 is 23.1 Å². The number of hydrogen-bond donors (Lipinski definition) is 3. The first-order chi connectivity index (χ1) is 18.7. The molecular formula is C29H29ClN4O5S. The summed E-state index contributed by atoms with van der Waals surface area (Å²) in [6, 6.07) is 20.7. The Morgan fingerprint density at radius 3 is 2.48 bits per heavy atom. The molecule has 1 atom stereocenters. The van der Waals surface area contributed by atoms with Crippen LogP contribution in [-0.4, -0.2) is 42.6 Å². The van der Waals surface area contributed by atoms with Crippen molar-refractivity contribution >= 4 is 34.3 Å². The highest BCUT2D eigenvalue weighted by atomic mass is 35.5. The molecule has 2 heterocycles. The topological polar surface area (TPSA) is 131 Å². The van der Waals surface area contributed by atoms with E-state index in [1.807, 2.05) is 50.2 Å². The smallest absolute Gasteiger partial charge is 0.335 e. The number of sulfonamides is 1. The van der Waals surface area contributed by atoms with Crippen molar-refractivity contribution in [3.05, 3.63) is 101 Å². The summed E-state index contributed by atoms with van der Waals surface area (Å²) in [5.41, 5.74) is 5.35. The Balaban J connectivity index is 0.00000370. The maximum Gasteiger partial charge on any atom is 0.335 e. The van der Waals surface area contributed by atoms with E-state index < -0.39 is 16.0 Å². The van der Waals surface area contributed by atoms with E-state index in [4.69, 9.17) is 4.74 Å². The third-order valence-corrected chi connectivity index (χ3v) is 7.95. The van der Waals surface area contributed by atoms with Crippen LogP contribution in [0.2, 0.25) is 0 Å². The lowest BCUT2D eigenvalue weighted by Crippen LogP contribution is -2.24. The van der Waals surface area contributed by atoms with Crippen LogP contribution >= 0.6 is 12.4 Å². The van der Waals surface area contributed by atoms with Crippen LogP contribution in [0.15, 0.2) is 77.7 Å². The van der Waals surface area contributed by atoms with Crippen molar-refractivity contribution in [2.75, 3.05) is 17.8 Å². The molecule has 0 saturated carbocycles. The van der Waals surface area contributed by atoms with Gasteiger partial charge in [0.1, 0.15) is 6.10 Å². The standard InChI is InChI=1S/C29H28N4O5S.ClH/c1-18-7-5-8-19(2)27(18)24-16-26(38-25-17-30-14-13-20-9-3-4-12-23(20)25)32-29(31-24)33-39(36,37)22-11-6-10-21(15-22)28(34)35;/h3-12,15-16,25,30H,13-14,17H2,1-2H3,(H,34,35)(H,31,32,33);1H. The zero-order valence-corrected chi connectivity index (χ0v) is 23.6. The van der Waals surface area contributed by atoms with Crippen molar-refractivity contribution in [1.29, 1.82) is 0 Å². The van der Waals surface area contributed by atoms with E-state index in [0.717, 1.165) is 41.3 Å². The number of fused-ring (bicyclic) bond motifs is 1. The van der Waals surface area contributed by atoms with Gasteiger partial charge < -0.3 is 15.2 Å². The van der Waals surface area contributed by atoms with Gasteiger partial charge in [0, 0.05) is 18.2 Å². The van der Waals surface area contributed by atoms with Crippen molar-refractivity contribution in [2.24, 2.45) is 0 Å². The number of carbonyl (C=O) groups is 1. The maximum absolute atomic E-state index is 13.2. The van der Waals surface area contributed by atoms with Gasteiger partial charge in [-0.05, 0) is 67.3 Å². The van der Waals surface area contributed by atoms with Crippen LogP contribution in [0, 0.1) is 13.8 Å². The number of ether oxygens (including phenoxy) is 1. The first-order valence-electron chi connectivity index (χ1n) is 12.5. The Kier molecular flexibility index (Phi) is 8.73. The number of anilines is 1. The average Bonchev–Trinajstić information content (AvgIpc) is 3.10. The summed E-state index contributed by atoms with van der Waals surface area (Å²) in [7, 11) is -4.20. The fraction of sp³-hybridized carbons (Fsp3) is 0.207. The van der Waals surface area contributed by atoms with Gasteiger partial charge in [-0.25, -0.2) is 22.9 Å². The molecule has 0 saturated heterocycles. The largest absolute Gasteiger partial charge is 0.478 e. The normalized spacial score (nSPS) is 14.8. The minimum atomic E-state index is -4.20. The van der Waals surface area contributed by atoms with Crippen LogP contribution < -0.4 is 14.8 Å². The fourth-order valence-electron chi connectivity index (χ4n) is 4.75. The molecule has 3 N–H and O–H groups in total. The monoisotopic (exact) mass is 580 g/mol. The number of rotatable bonds is 7. The number of aromatic carboxylic acids is 1. The average molecular weight is 581 g/mol. The fourth-order valence-corrected chi connectivity index (χ4v) is 5.74. The van der Waals surface area contributed by atoms with Gasteiger partial charge in [-0.3, -0.25) is 0 Å². The number of carboxylic acids is 1. The second-order valence-corrected chi connectivity index (χ2v) is 11.1. The Morgan fingerprint density at radius 2 is 1.73 bits per heavy atom. The molecule has 0 fully saturated rings. The first-order valence-corrected chi connectivity index (χ1v) is 14.0. The van der Waals surface area contributed by atoms with Crippen LogP contribution in [0.5, 0.6) is 5.88 Å². The molecule has 0 amide bonds. The molecule has 5 rings (SSSR count). The van der Waals surface area contributed by atoms with Gasteiger partial charge in [-0.1, -0.05) is 48.5 Å². The lowest BCUT2D eigenvalue weighted by molar-refractivity contribution is 0.0696. The molecule has 4 aromatic rings. The Hall–Kier alpha value is -3.99. The zero-order chi connectivity index (χ0) is 27.6. The molecule has 9 nitrogen and oxygen atoms in total. The summed E-state index contributed by atoms with van der Waals surface area (Å²) in [4.78, 5) is 20.1. The molecule has 0 bridgehead atoms. The van der Waals surface area contributed by atoms with Crippen molar-refractivity contribution in [2.45, 2.75) is 31.3 Å². The van der Waals surface area contributed by atoms with E-state index in [9.17, 15) is 18.3 Å². The number of hydrogen-bond acceptors (Lipinski definition) is 7. The lowest BCUT2D eigenvalue weighted by atomic mass is 10.00. The molecule has 40 heavy (non-hydrogen) atoms. The number of nitrogens with zero attached hydrogens (tertiary/aromatic N) is 2. The molecular weight excluding hydrogens is 552 g/mol. The van der Waals surface area contributed by atoms with Crippen LogP contribution in [0.25, 0.3) is 11.3 Å². The van der Waals surface area contributed by atoms with E-state index in [1.54, 1.807) is 6.07 Å². The summed E-state index contributed by atoms with van der Waals surface area (Å²) in [5.74, 6) is -1.20. The predicted molar refractivity (Wildman–Crippen MR) is 155 cm³/mol.